The Morgan fingerprint density at radius 1 is 1.26 bits per heavy atom. The summed E-state index contributed by atoms with van der Waals surface area (Å²) >= 11 is 5.72. The number of rotatable bonds is 5. The fourth-order valence-electron chi connectivity index (χ4n) is 1.71. The standard InChI is InChI=1S/C16H15ClN2O4/c1-10(15(20)19-14-7-6-12(17)9-18-14)23-16(21)11-4-3-5-13(8-11)22-2/h3-10H,1-2H3,(H,18,19,20)/t10-/m1/s1. The second-order valence-corrected chi connectivity index (χ2v) is 5.07. The van der Waals surface area contributed by atoms with E-state index in [0.717, 1.165) is 0 Å². The van der Waals surface area contributed by atoms with Gasteiger partial charge in [-0.2, -0.15) is 0 Å². The van der Waals surface area contributed by atoms with Gasteiger partial charge >= 0.3 is 5.97 Å². The predicted octanol–water partition coefficient (Wildman–Crippen LogP) is 2.93. The Morgan fingerprint density at radius 3 is 2.70 bits per heavy atom. The van der Waals surface area contributed by atoms with Crippen molar-refractivity contribution in [2.75, 3.05) is 12.4 Å². The van der Waals surface area contributed by atoms with Crippen LogP contribution < -0.4 is 10.1 Å². The first-order chi connectivity index (χ1) is 11.0. The molecule has 2 aromatic rings. The predicted molar refractivity (Wildman–Crippen MR) is 85.7 cm³/mol. The van der Waals surface area contributed by atoms with E-state index in [9.17, 15) is 9.59 Å². The number of carbonyl (C=O) groups excluding carboxylic acids is 2. The van der Waals surface area contributed by atoms with Crippen LogP contribution in [0.3, 0.4) is 0 Å². The van der Waals surface area contributed by atoms with Crippen molar-refractivity contribution >= 4 is 29.3 Å². The normalized spacial score (nSPS) is 11.4. The van der Waals surface area contributed by atoms with Crippen LogP contribution in [0.1, 0.15) is 17.3 Å². The van der Waals surface area contributed by atoms with E-state index in [1.807, 2.05) is 0 Å². The third-order valence-corrected chi connectivity index (χ3v) is 3.16. The Balaban J connectivity index is 1.97. The summed E-state index contributed by atoms with van der Waals surface area (Å²) in [7, 11) is 1.50. The first-order valence-electron chi connectivity index (χ1n) is 6.77. The number of carbonyl (C=O) groups is 2. The number of hydrogen-bond donors (Lipinski definition) is 1. The molecule has 120 valence electrons. The summed E-state index contributed by atoms with van der Waals surface area (Å²) in [5, 5.41) is 3.00. The summed E-state index contributed by atoms with van der Waals surface area (Å²) in [4.78, 5) is 28.0. The zero-order valence-corrected chi connectivity index (χ0v) is 13.3. The van der Waals surface area contributed by atoms with Crippen LogP contribution in [0.25, 0.3) is 0 Å². The van der Waals surface area contributed by atoms with E-state index in [1.54, 1.807) is 30.3 Å². The maximum absolute atomic E-state index is 12.0. The minimum atomic E-state index is -0.980. The quantitative estimate of drug-likeness (QED) is 0.851. The summed E-state index contributed by atoms with van der Waals surface area (Å²) in [5.74, 6) is -0.253. The highest BCUT2D eigenvalue weighted by Gasteiger charge is 2.19. The first-order valence-corrected chi connectivity index (χ1v) is 7.15. The molecule has 0 aliphatic heterocycles. The average Bonchev–Trinajstić information content (AvgIpc) is 2.56. The molecule has 0 saturated carbocycles. The number of halogens is 1. The third-order valence-electron chi connectivity index (χ3n) is 2.94. The maximum atomic E-state index is 12.0. The van der Waals surface area contributed by atoms with Gasteiger partial charge in [-0.25, -0.2) is 9.78 Å². The molecule has 0 radical (unpaired) electrons. The van der Waals surface area contributed by atoms with Gasteiger partial charge in [-0.15, -0.1) is 0 Å². The van der Waals surface area contributed by atoms with E-state index in [1.165, 1.54) is 26.3 Å². The zero-order valence-electron chi connectivity index (χ0n) is 12.6. The highest BCUT2D eigenvalue weighted by molar-refractivity contribution is 6.30. The molecule has 7 heteroatoms. The number of benzene rings is 1. The molecule has 1 aromatic carbocycles. The largest absolute Gasteiger partial charge is 0.497 e. The molecular formula is C16H15ClN2O4. The van der Waals surface area contributed by atoms with Gasteiger partial charge < -0.3 is 14.8 Å². The monoisotopic (exact) mass is 334 g/mol. The topological polar surface area (TPSA) is 77.5 Å². The second-order valence-electron chi connectivity index (χ2n) is 4.63. The van der Waals surface area contributed by atoms with Gasteiger partial charge in [0.2, 0.25) is 0 Å². The van der Waals surface area contributed by atoms with E-state index in [4.69, 9.17) is 21.1 Å². The Hall–Kier alpha value is -2.60. The number of anilines is 1. The van der Waals surface area contributed by atoms with Gasteiger partial charge in [0.05, 0.1) is 17.7 Å². The molecule has 2 rings (SSSR count). The number of nitrogens with one attached hydrogen (secondary N) is 1. The molecule has 1 amide bonds. The minimum absolute atomic E-state index is 0.300. The fraction of sp³-hybridized carbons (Fsp3) is 0.188. The molecule has 0 aliphatic carbocycles. The van der Waals surface area contributed by atoms with Crippen LogP contribution in [0.4, 0.5) is 5.82 Å². The van der Waals surface area contributed by atoms with Crippen molar-refractivity contribution in [3.63, 3.8) is 0 Å². The third kappa shape index (κ3) is 4.69. The Labute approximate surface area is 138 Å². The molecular weight excluding hydrogens is 320 g/mol. The molecule has 1 aromatic heterocycles. The number of hydrogen-bond acceptors (Lipinski definition) is 5. The van der Waals surface area contributed by atoms with Gasteiger partial charge in [-0.3, -0.25) is 4.79 Å². The van der Waals surface area contributed by atoms with Crippen molar-refractivity contribution in [1.29, 1.82) is 0 Å². The van der Waals surface area contributed by atoms with Gasteiger partial charge in [0.25, 0.3) is 5.91 Å². The molecule has 1 heterocycles. The van der Waals surface area contributed by atoms with Crippen LogP contribution in [0.2, 0.25) is 5.02 Å². The molecule has 0 spiro atoms. The molecule has 0 bridgehead atoms. The Morgan fingerprint density at radius 2 is 2.04 bits per heavy atom. The molecule has 1 atom stereocenters. The van der Waals surface area contributed by atoms with Crippen LogP contribution in [0.5, 0.6) is 5.75 Å². The van der Waals surface area contributed by atoms with Gasteiger partial charge in [-0.1, -0.05) is 17.7 Å². The van der Waals surface area contributed by atoms with Crippen molar-refractivity contribution in [2.24, 2.45) is 0 Å². The molecule has 0 fully saturated rings. The molecule has 6 nitrogen and oxygen atoms in total. The van der Waals surface area contributed by atoms with Crippen LogP contribution in [0, 0.1) is 0 Å². The summed E-state index contributed by atoms with van der Waals surface area (Å²) < 4.78 is 10.2. The number of nitrogens with zero attached hydrogens (tertiary/aromatic N) is 1. The number of methoxy groups -OCH3 is 1. The molecule has 0 unspecified atom stereocenters. The summed E-state index contributed by atoms with van der Waals surface area (Å²) in [6.07, 6.45) is 0.426. The van der Waals surface area contributed by atoms with Gasteiger partial charge in [0.15, 0.2) is 6.10 Å². The summed E-state index contributed by atoms with van der Waals surface area (Å²) in [5.41, 5.74) is 0.300. The summed E-state index contributed by atoms with van der Waals surface area (Å²) in [6.45, 7) is 1.48. The number of amides is 1. The molecule has 0 aliphatic rings. The zero-order chi connectivity index (χ0) is 16.8. The number of aromatic nitrogens is 1. The van der Waals surface area contributed by atoms with Crippen LogP contribution in [-0.4, -0.2) is 30.1 Å². The van der Waals surface area contributed by atoms with Crippen LogP contribution in [-0.2, 0) is 9.53 Å². The minimum Gasteiger partial charge on any atom is -0.497 e. The van der Waals surface area contributed by atoms with E-state index < -0.39 is 18.0 Å². The second kappa shape index (κ2) is 7.60. The van der Waals surface area contributed by atoms with E-state index in [0.29, 0.717) is 22.2 Å². The summed E-state index contributed by atoms with van der Waals surface area (Å²) in [6, 6.07) is 9.63. The molecule has 23 heavy (non-hydrogen) atoms. The fourth-order valence-corrected chi connectivity index (χ4v) is 1.82. The van der Waals surface area contributed by atoms with Crippen LogP contribution >= 0.6 is 11.6 Å². The smallest absolute Gasteiger partial charge is 0.339 e. The molecule has 1 N–H and O–H groups in total. The van der Waals surface area contributed by atoms with Gasteiger partial charge in [0, 0.05) is 6.20 Å². The lowest BCUT2D eigenvalue weighted by Crippen LogP contribution is -2.30. The number of pyridine rings is 1. The van der Waals surface area contributed by atoms with Crippen molar-refractivity contribution in [3.8, 4) is 5.75 Å². The Bertz CT molecular complexity index is 703. The molecule has 0 saturated heterocycles. The first kappa shape index (κ1) is 16.8. The van der Waals surface area contributed by atoms with Gasteiger partial charge in [0.1, 0.15) is 11.6 Å². The highest BCUT2D eigenvalue weighted by atomic mass is 35.5. The Kier molecular flexibility index (Phi) is 5.54. The van der Waals surface area contributed by atoms with Crippen molar-refractivity contribution in [1.82, 2.24) is 4.98 Å². The highest BCUT2D eigenvalue weighted by Crippen LogP contribution is 2.15. The van der Waals surface area contributed by atoms with Crippen molar-refractivity contribution in [2.45, 2.75) is 13.0 Å². The lowest BCUT2D eigenvalue weighted by Gasteiger charge is -2.13. The lowest BCUT2D eigenvalue weighted by atomic mass is 10.2. The van der Waals surface area contributed by atoms with E-state index in [-0.39, 0.29) is 0 Å². The number of ether oxygens (including phenoxy) is 2. The lowest BCUT2D eigenvalue weighted by molar-refractivity contribution is -0.123. The van der Waals surface area contributed by atoms with E-state index in [2.05, 4.69) is 10.3 Å². The van der Waals surface area contributed by atoms with E-state index >= 15 is 0 Å². The van der Waals surface area contributed by atoms with Crippen molar-refractivity contribution < 1.29 is 19.1 Å². The average molecular weight is 335 g/mol. The van der Waals surface area contributed by atoms with Gasteiger partial charge in [-0.05, 0) is 37.3 Å². The maximum Gasteiger partial charge on any atom is 0.339 e. The number of esters is 1. The van der Waals surface area contributed by atoms with Crippen molar-refractivity contribution in [3.05, 3.63) is 53.2 Å². The SMILES string of the molecule is COc1cccc(C(=O)O[C@H](C)C(=O)Nc2ccc(Cl)cn2)c1. The van der Waals surface area contributed by atoms with Crippen LogP contribution in [0.15, 0.2) is 42.6 Å².